The summed E-state index contributed by atoms with van der Waals surface area (Å²) >= 11 is 5.68. The van der Waals surface area contributed by atoms with E-state index in [1.54, 1.807) is 6.07 Å². The third-order valence-electron chi connectivity index (χ3n) is 1.63. The minimum atomic E-state index is -1.06. The Labute approximate surface area is 77.3 Å². The summed E-state index contributed by atoms with van der Waals surface area (Å²) in [4.78, 5) is 10.7. The molecule has 0 aliphatic carbocycles. The SMILES string of the molecule is O=C(O)c1cc(Cl)cc2nn[nH]c12. The largest absolute Gasteiger partial charge is 0.478 e. The standard InChI is InChI=1S/C7H4ClN3O2/c8-3-1-4(7(12)13)6-5(2-3)9-11-10-6/h1-2H,(H,12,13)(H,9,10,11). The highest BCUT2D eigenvalue weighted by Crippen LogP contribution is 2.20. The number of carboxylic acid groups (broad SMARTS) is 1. The number of aromatic amines is 1. The number of carboxylic acids is 1. The fourth-order valence-electron chi connectivity index (χ4n) is 1.09. The molecule has 5 nitrogen and oxygen atoms in total. The van der Waals surface area contributed by atoms with Crippen LogP contribution < -0.4 is 0 Å². The summed E-state index contributed by atoms with van der Waals surface area (Å²) in [6.45, 7) is 0. The van der Waals surface area contributed by atoms with E-state index in [0.717, 1.165) is 0 Å². The minimum absolute atomic E-state index is 0.0764. The fraction of sp³-hybridized carbons (Fsp3) is 0. The van der Waals surface area contributed by atoms with E-state index >= 15 is 0 Å². The third-order valence-corrected chi connectivity index (χ3v) is 1.85. The van der Waals surface area contributed by atoms with Gasteiger partial charge in [-0.25, -0.2) is 4.79 Å². The smallest absolute Gasteiger partial charge is 0.338 e. The molecule has 0 aliphatic heterocycles. The highest BCUT2D eigenvalue weighted by Gasteiger charge is 2.11. The first-order valence-corrected chi connectivity index (χ1v) is 3.80. The van der Waals surface area contributed by atoms with Crippen molar-refractivity contribution in [1.29, 1.82) is 0 Å². The molecule has 6 heteroatoms. The van der Waals surface area contributed by atoms with Crippen LogP contribution in [-0.2, 0) is 0 Å². The molecule has 0 saturated carbocycles. The fourth-order valence-corrected chi connectivity index (χ4v) is 1.30. The van der Waals surface area contributed by atoms with Crippen molar-refractivity contribution in [3.8, 4) is 0 Å². The number of hydrogen-bond acceptors (Lipinski definition) is 3. The lowest BCUT2D eigenvalue weighted by Gasteiger charge is -1.95. The number of nitrogens with zero attached hydrogens (tertiary/aromatic N) is 2. The van der Waals surface area contributed by atoms with E-state index in [-0.39, 0.29) is 5.56 Å². The molecule has 0 amide bonds. The lowest BCUT2D eigenvalue weighted by molar-refractivity contribution is 0.0699. The molecule has 2 rings (SSSR count). The van der Waals surface area contributed by atoms with Crippen LogP contribution in [0.25, 0.3) is 11.0 Å². The van der Waals surface area contributed by atoms with Gasteiger partial charge < -0.3 is 5.11 Å². The number of aromatic carboxylic acids is 1. The maximum atomic E-state index is 10.7. The molecule has 0 atom stereocenters. The Morgan fingerprint density at radius 2 is 2.31 bits per heavy atom. The third kappa shape index (κ3) is 1.23. The molecule has 1 aromatic heterocycles. The van der Waals surface area contributed by atoms with E-state index in [2.05, 4.69) is 15.4 Å². The number of aromatic nitrogens is 3. The first-order valence-electron chi connectivity index (χ1n) is 3.42. The van der Waals surface area contributed by atoms with Crippen molar-refractivity contribution >= 4 is 28.6 Å². The van der Waals surface area contributed by atoms with Gasteiger partial charge in [0.1, 0.15) is 11.0 Å². The minimum Gasteiger partial charge on any atom is -0.478 e. The van der Waals surface area contributed by atoms with Gasteiger partial charge in [-0.2, -0.15) is 0 Å². The normalized spacial score (nSPS) is 10.5. The molecule has 0 spiro atoms. The average Bonchev–Trinajstić information content (AvgIpc) is 2.49. The summed E-state index contributed by atoms with van der Waals surface area (Å²) in [6, 6.07) is 2.90. The van der Waals surface area contributed by atoms with Gasteiger partial charge >= 0.3 is 5.97 Å². The lowest BCUT2D eigenvalue weighted by atomic mass is 10.2. The molecular formula is C7H4ClN3O2. The number of carbonyl (C=O) groups is 1. The van der Waals surface area contributed by atoms with E-state index in [4.69, 9.17) is 16.7 Å². The molecule has 1 aromatic carbocycles. The quantitative estimate of drug-likeness (QED) is 0.723. The van der Waals surface area contributed by atoms with Crippen molar-refractivity contribution in [2.45, 2.75) is 0 Å². The van der Waals surface area contributed by atoms with Gasteiger partial charge in [0, 0.05) is 5.02 Å². The molecule has 0 fully saturated rings. The molecule has 13 heavy (non-hydrogen) atoms. The van der Waals surface area contributed by atoms with Gasteiger partial charge in [-0.05, 0) is 12.1 Å². The lowest BCUT2D eigenvalue weighted by Crippen LogP contribution is -1.97. The zero-order valence-corrected chi connectivity index (χ0v) is 7.04. The van der Waals surface area contributed by atoms with Crippen molar-refractivity contribution < 1.29 is 9.90 Å². The Balaban J connectivity index is 2.84. The Hall–Kier alpha value is -1.62. The van der Waals surface area contributed by atoms with Crippen LogP contribution in [0.1, 0.15) is 10.4 Å². The zero-order chi connectivity index (χ0) is 9.42. The number of fused-ring (bicyclic) bond motifs is 1. The highest BCUT2D eigenvalue weighted by atomic mass is 35.5. The summed E-state index contributed by atoms with van der Waals surface area (Å²) in [7, 11) is 0. The monoisotopic (exact) mass is 197 g/mol. The number of benzene rings is 1. The van der Waals surface area contributed by atoms with Crippen LogP contribution in [0.15, 0.2) is 12.1 Å². The van der Waals surface area contributed by atoms with Crippen molar-refractivity contribution in [2.24, 2.45) is 0 Å². The number of hydrogen-bond donors (Lipinski definition) is 2. The summed E-state index contributed by atoms with van der Waals surface area (Å²) in [5, 5.41) is 18.8. The van der Waals surface area contributed by atoms with Crippen molar-refractivity contribution in [3.05, 3.63) is 22.7 Å². The molecule has 0 unspecified atom stereocenters. The molecule has 0 aliphatic rings. The Morgan fingerprint density at radius 3 is 3.00 bits per heavy atom. The van der Waals surface area contributed by atoms with Gasteiger partial charge in [0.15, 0.2) is 0 Å². The van der Waals surface area contributed by atoms with E-state index in [0.29, 0.717) is 16.1 Å². The second-order valence-corrected chi connectivity index (χ2v) is 2.90. The summed E-state index contributed by atoms with van der Waals surface area (Å²) in [5.74, 6) is -1.06. The van der Waals surface area contributed by atoms with Crippen LogP contribution in [-0.4, -0.2) is 26.5 Å². The van der Waals surface area contributed by atoms with Crippen LogP contribution in [0.2, 0.25) is 5.02 Å². The molecule has 0 radical (unpaired) electrons. The molecular weight excluding hydrogens is 194 g/mol. The molecule has 2 aromatic rings. The van der Waals surface area contributed by atoms with Crippen LogP contribution in [0, 0.1) is 0 Å². The highest BCUT2D eigenvalue weighted by molar-refractivity contribution is 6.31. The van der Waals surface area contributed by atoms with Crippen molar-refractivity contribution in [2.75, 3.05) is 0 Å². The molecule has 0 saturated heterocycles. The molecule has 0 bridgehead atoms. The van der Waals surface area contributed by atoms with Crippen molar-refractivity contribution in [1.82, 2.24) is 15.4 Å². The van der Waals surface area contributed by atoms with E-state index < -0.39 is 5.97 Å². The predicted octanol–water partition coefficient (Wildman–Crippen LogP) is 1.31. The Bertz CT molecular complexity index is 480. The average molecular weight is 198 g/mol. The second-order valence-electron chi connectivity index (χ2n) is 2.46. The number of H-pyrrole nitrogens is 1. The van der Waals surface area contributed by atoms with E-state index in [1.807, 2.05) is 0 Å². The van der Waals surface area contributed by atoms with Crippen LogP contribution in [0.3, 0.4) is 0 Å². The van der Waals surface area contributed by atoms with Gasteiger partial charge in [0.25, 0.3) is 0 Å². The number of nitrogens with one attached hydrogen (secondary N) is 1. The van der Waals surface area contributed by atoms with Gasteiger partial charge in [-0.1, -0.05) is 16.8 Å². The first-order chi connectivity index (χ1) is 6.18. The molecule has 66 valence electrons. The van der Waals surface area contributed by atoms with Gasteiger partial charge in [0.05, 0.1) is 5.56 Å². The summed E-state index contributed by atoms with van der Waals surface area (Å²) in [6.07, 6.45) is 0. The first kappa shape index (κ1) is 8.00. The van der Waals surface area contributed by atoms with E-state index in [9.17, 15) is 4.79 Å². The zero-order valence-electron chi connectivity index (χ0n) is 6.28. The predicted molar refractivity (Wildman–Crippen MR) is 45.9 cm³/mol. The summed E-state index contributed by atoms with van der Waals surface area (Å²) < 4.78 is 0. The number of rotatable bonds is 1. The Kier molecular flexibility index (Phi) is 1.66. The van der Waals surface area contributed by atoms with Crippen LogP contribution in [0.5, 0.6) is 0 Å². The maximum absolute atomic E-state index is 10.7. The number of halogens is 1. The summed E-state index contributed by atoms with van der Waals surface area (Å²) in [5.41, 5.74) is 0.911. The van der Waals surface area contributed by atoms with Gasteiger partial charge in [-0.3, -0.25) is 5.10 Å². The van der Waals surface area contributed by atoms with Crippen LogP contribution >= 0.6 is 11.6 Å². The maximum Gasteiger partial charge on any atom is 0.338 e. The van der Waals surface area contributed by atoms with Crippen molar-refractivity contribution in [3.63, 3.8) is 0 Å². The molecule has 2 N–H and O–H groups in total. The van der Waals surface area contributed by atoms with Crippen LogP contribution in [0.4, 0.5) is 0 Å². The van der Waals surface area contributed by atoms with Gasteiger partial charge in [-0.15, -0.1) is 5.10 Å². The molecule has 1 heterocycles. The Morgan fingerprint density at radius 1 is 1.54 bits per heavy atom. The topological polar surface area (TPSA) is 78.9 Å². The second kappa shape index (κ2) is 2.70. The van der Waals surface area contributed by atoms with Gasteiger partial charge in [0.2, 0.25) is 0 Å². The van der Waals surface area contributed by atoms with E-state index in [1.165, 1.54) is 6.07 Å².